The van der Waals surface area contributed by atoms with Gasteiger partial charge in [-0.25, -0.2) is 4.79 Å². The van der Waals surface area contributed by atoms with Crippen molar-refractivity contribution < 1.29 is 28.9 Å². The molecule has 1 aromatic carbocycles. The van der Waals surface area contributed by atoms with Crippen molar-refractivity contribution in [2.45, 2.75) is 26.7 Å². The molecule has 1 unspecified atom stereocenters. The molecule has 1 N–H and O–H groups in total. The van der Waals surface area contributed by atoms with E-state index < -0.39 is 23.8 Å². The molecule has 0 aliphatic carbocycles. The molecule has 0 saturated carbocycles. The number of benzene rings is 1. The van der Waals surface area contributed by atoms with Gasteiger partial charge in [0.2, 0.25) is 0 Å². The lowest BCUT2D eigenvalue weighted by Gasteiger charge is -2.31. The molecule has 0 saturated heterocycles. The summed E-state index contributed by atoms with van der Waals surface area (Å²) in [5.41, 5.74) is 1.94. The van der Waals surface area contributed by atoms with Gasteiger partial charge in [0.15, 0.2) is 11.5 Å². The number of hydrogen-bond donors (Lipinski definition) is 1. The van der Waals surface area contributed by atoms with Gasteiger partial charge in [-0.1, -0.05) is 6.07 Å². The Morgan fingerprint density at radius 1 is 1.23 bits per heavy atom. The molecule has 2 atom stereocenters. The van der Waals surface area contributed by atoms with Gasteiger partial charge in [-0.15, -0.1) is 0 Å². The van der Waals surface area contributed by atoms with Crippen LogP contribution in [0.4, 0.5) is 0 Å². The van der Waals surface area contributed by atoms with Crippen molar-refractivity contribution in [1.29, 1.82) is 0 Å². The third-order valence-corrected chi connectivity index (χ3v) is 4.34. The van der Waals surface area contributed by atoms with Gasteiger partial charge in [0, 0.05) is 17.3 Å². The fraction of sp³-hybridized carbons (Fsp3) is 0.421. The highest BCUT2D eigenvalue weighted by Gasteiger charge is 2.42. The van der Waals surface area contributed by atoms with E-state index in [9.17, 15) is 14.7 Å². The van der Waals surface area contributed by atoms with Crippen LogP contribution in [-0.4, -0.2) is 43.6 Å². The first-order chi connectivity index (χ1) is 12.3. The summed E-state index contributed by atoms with van der Waals surface area (Å²) >= 11 is 0. The van der Waals surface area contributed by atoms with E-state index in [1.807, 2.05) is 0 Å². The second-order valence-electron chi connectivity index (χ2n) is 5.88. The normalized spacial score (nSPS) is 19.7. The summed E-state index contributed by atoms with van der Waals surface area (Å²) in [6.45, 7) is 5.33. The maximum atomic E-state index is 12.6. The monoisotopic (exact) mass is 361 g/mol. The minimum absolute atomic E-state index is 0.0366. The molecular weight excluding hydrogens is 338 g/mol. The van der Waals surface area contributed by atoms with Crippen LogP contribution < -0.4 is 4.74 Å². The Balaban J connectivity index is 2.68. The molecule has 2 rings (SSSR count). The molecule has 26 heavy (non-hydrogen) atoms. The van der Waals surface area contributed by atoms with Crippen molar-refractivity contribution in [3.05, 3.63) is 35.0 Å². The summed E-state index contributed by atoms with van der Waals surface area (Å²) < 4.78 is 15.3. The molecule has 0 spiro atoms. The van der Waals surface area contributed by atoms with Gasteiger partial charge in [-0.05, 0) is 38.5 Å². The van der Waals surface area contributed by atoms with E-state index in [1.165, 1.54) is 20.3 Å². The molecule has 1 aliphatic heterocycles. The number of methoxy groups -OCH3 is 2. The Morgan fingerprint density at radius 2 is 1.92 bits per heavy atom. The summed E-state index contributed by atoms with van der Waals surface area (Å²) in [6, 6.07) is 4.70. The van der Waals surface area contributed by atoms with Crippen LogP contribution in [0.15, 0.2) is 34.5 Å². The van der Waals surface area contributed by atoms with Crippen LogP contribution in [-0.2, 0) is 19.1 Å². The molecule has 7 nitrogen and oxygen atoms in total. The average molecular weight is 361 g/mol. The highest BCUT2D eigenvalue weighted by molar-refractivity contribution is 6.07. The van der Waals surface area contributed by atoms with Crippen molar-refractivity contribution >= 4 is 17.7 Å². The van der Waals surface area contributed by atoms with Crippen LogP contribution in [0, 0.1) is 5.92 Å². The molecule has 1 aromatic rings. The van der Waals surface area contributed by atoms with Gasteiger partial charge in [0.05, 0.1) is 26.4 Å². The number of aliphatic imine (C=N–C) groups is 1. The fourth-order valence-corrected chi connectivity index (χ4v) is 3.19. The maximum Gasteiger partial charge on any atom is 0.336 e. The Kier molecular flexibility index (Phi) is 6.02. The Labute approximate surface area is 152 Å². The average Bonchev–Trinajstić information content (AvgIpc) is 2.61. The first kappa shape index (κ1) is 19.5. The molecule has 1 aliphatic rings. The number of aromatic hydroxyl groups is 1. The number of carbonyl (C=O) groups is 2. The number of phenolic OH excluding ortho intramolecular Hbond substituents is 1. The number of esters is 2. The standard InChI is InChI=1S/C19H23NO6/c1-6-26-19(23)16-11(3)20-10(2)15(18(22)25-5)17(16)12-7-8-13(21)14(9-12)24-4/h7-9,15,17,21H,6H2,1-5H3/t15?,17-/m1/s1. The van der Waals surface area contributed by atoms with E-state index in [-0.39, 0.29) is 18.1 Å². The van der Waals surface area contributed by atoms with Crippen molar-refractivity contribution in [2.75, 3.05) is 20.8 Å². The molecule has 0 bridgehead atoms. The zero-order chi connectivity index (χ0) is 19.4. The number of phenols is 1. The van der Waals surface area contributed by atoms with Crippen LogP contribution in [0.2, 0.25) is 0 Å². The van der Waals surface area contributed by atoms with Crippen LogP contribution in [0.1, 0.15) is 32.3 Å². The van der Waals surface area contributed by atoms with Crippen LogP contribution in [0.3, 0.4) is 0 Å². The molecule has 7 heteroatoms. The van der Waals surface area contributed by atoms with Crippen LogP contribution >= 0.6 is 0 Å². The number of nitrogens with zero attached hydrogens (tertiary/aromatic N) is 1. The van der Waals surface area contributed by atoms with Crippen molar-refractivity contribution in [3.63, 3.8) is 0 Å². The molecule has 0 aromatic heterocycles. The van der Waals surface area contributed by atoms with E-state index in [1.54, 1.807) is 32.9 Å². The van der Waals surface area contributed by atoms with Crippen molar-refractivity contribution in [1.82, 2.24) is 0 Å². The summed E-state index contributed by atoms with van der Waals surface area (Å²) in [7, 11) is 2.72. The van der Waals surface area contributed by atoms with Crippen LogP contribution in [0.5, 0.6) is 11.5 Å². The highest BCUT2D eigenvalue weighted by Crippen LogP contribution is 2.42. The largest absolute Gasteiger partial charge is 0.504 e. The summed E-state index contributed by atoms with van der Waals surface area (Å²) in [5.74, 6) is -2.27. The molecule has 0 amide bonds. The molecular formula is C19H23NO6. The number of ether oxygens (including phenoxy) is 3. The zero-order valence-electron chi connectivity index (χ0n) is 15.5. The van der Waals surface area contributed by atoms with E-state index >= 15 is 0 Å². The smallest absolute Gasteiger partial charge is 0.336 e. The lowest BCUT2D eigenvalue weighted by atomic mass is 9.75. The van der Waals surface area contributed by atoms with E-state index in [0.29, 0.717) is 22.5 Å². The lowest BCUT2D eigenvalue weighted by Crippen LogP contribution is -2.36. The Hall–Kier alpha value is -2.83. The van der Waals surface area contributed by atoms with Crippen LogP contribution in [0.25, 0.3) is 0 Å². The molecule has 1 heterocycles. The van der Waals surface area contributed by atoms with Gasteiger partial charge in [0.25, 0.3) is 0 Å². The molecule has 140 valence electrons. The quantitative estimate of drug-likeness (QED) is 0.810. The fourth-order valence-electron chi connectivity index (χ4n) is 3.19. The third-order valence-electron chi connectivity index (χ3n) is 4.34. The van der Waals surface area contributed by atoms with E-state index in [0.717, 1.165) is 0 Å². The number of hydrogen-bond acceptors (Lipinski definition) is 7. The first-order valence-corrected chi connectivity index (χ1v) is 8.23. The van der Waals surface area contributed by atoms with Gasteiger partial charge >= 0.3 is 11.9 Å². The number of rotatable bonds is 5. The summed E-state index contributed by atoms with van der Waals surface area (Å²) in [5, 5.41) is 9.87. The second kappa shape index (κ2) is 8.03. The van der Waals surface area contributed by atoms with Crippen molar-refractivity contribution in [3.8, 4) is 11.5 Å². The van der Waals surface area contributed by atoms with E-state index in [2.05, 4.69) is 4.99 Å². The SMILES string of the molecule is CCOC(=O)C1=C(C)N=C(C)C(C(=O)OC)[C@H]1c1ccc(O)c(OC)c1. The highest BCUT2D eigenvalue weighted by atomic mass is 16.5. The minimum atomic E-state index is -0.780. The molecule has 0 radical (unpaired) electrons. The first-order valence-electron chi connectivity index (χ1n) is 8.23. The predicted molar refractivity (Wildman–Crippen MR) is 95.3 cm³/mol. The van der Waals surface area contributed by atoms with Gasteiger partial charge < -0.3 is 19.3 Å². The van der Waals surface area contributed by atoms with Crippen molar-refractivity contribution in [2.24, 2.45) is 10.9 Å². The molecule has 0 fully saturated rings. The predicted octanol–water partition coefficient (Wildman–Crippen LogP) is 2.59. The third kappa shape index (κ3) is 3.56. The number of carbonyl (C=O) groups excluding carboxylic acids is 2. The zero-order valence-corrected chi connectivity index (χ0v) is 15.5. The van der Waals surface area contributed by atoms with Gasteiger partial charge in [-0.2, -0.15) is 0 Å². The lowest BCUT2D eigenvalue weighted by molar-refractivity contribution is -0.144. The Morgan fingerprint density at radius 3 is 2.50 bits per heavy atom. The maximum absolute atomic E-state index is 12.6. The second-order valence-corrected chi connectivity index (χ2v) is 5.88. The van der Waals surface area contributed by atoms with Gasteiger partial charge in [-0.3, -0.25) is 9.79 Å². The number of allylic oxidation sites excluding steroid dienone is 1. The topological polar surface area (TPSA) is 94.4 Å². The summed E-state index contributed by atoms with van der Waals surface area (Å²) in [6.07, 6.45) is 0. The Bertz CT molecular complexity index is 780. The van der Waals surface area contributed by atoms with Gasteiger partial charge in [0.1, 0.15) is 5.92 Å². The summed E-state index contributed by atoms with van der Waals surface area (Å²) in [4.78, 5) is 29.4. The minimum Gasteiger partial charge on any atom is -0.504 e. The van der Waals surface area contributed by atoms with E-state index in [4.69, 9.17) is 14.2 Å².